The minimum absolute atomic E-state index is 0.145. The van der Waals surface area contributed by atoms with Crippen LogP contribution in [0, 0.1) is 5.92 Å². The summed E-state index contributed by atoms with van der Waals surface area (Å²) in [6.45, 7) is 3.64. The molecule has 2 atom stereocenters. The van der Waals surface area contributed by atoms with Crippen LogP contribution < -0.4 is 5.32 Å². The van der Waals surface area contributed by atoms with Crippen molar-refractivity contribution in [3.05, 3.63) is 35.4 Å². The van der Waals surface area contributed by atoms with Crippen molar-refractivity contribution in [1.29, 1.82) is 0 Å². The highest BCUT2D eigenvalue weighted by Gasteiger charge is 2.31. The van der Waals surface area contributed by atoms with Gasteiger partial charge in [-0.3, -0.25) is 4.79 Å². The highest BCUT2D eigenvalue weighted by molar-refractivity contribution is 5.85. The van der Waals surface area contributed by atoms with Crippen LogP contribution in [0.4, 0.5) is 13.2 Å². The van der Waals surface area contributed by atoms with Gasteiger partial charge in [0, 0.05) is 0 Å². The molecule has 1 aromatic rings. The first-order valence-electron chi connectivity index (χ1n) is 7.22. The lowest BCUT2D eigenvalue weighted by Crippen LogP contribution is -2.46. The first-order valence-corrected chi connectivity index (χ1v) is 7.22. The molecule has 0 radical (unpaired) electrons. The molecule has 1 rings (SSSR count). The van der Waals surface area contributed by atoms with Gasteiger partial charge in [-0.15, -0.1) is 0 Å². The second kappa shape index (κ2) is 7.99. The molecule has 1 amide bonds. The molecule has 0 aliphatic heterocycles. The Morgan fingerprint density at radius 1 is 1.30 bits per heavy atom. The molecule has 0 spiro atoms. The highest BCUT2D eigenvalue weighted by Crippen LogP contribution is 2.29. The van der Waals surface area contributed by atoms with Crippen LogP contribution in [0.2, 0.25) is 0 Å². The summed E-state index contributed by atoms with van der Waals surface area (Å²) < 4.78 is 42.6. The maximum atomic E-state index is 12.7. The second-order valence-electron chi connectivity index (χ2n) is 5.33. The van der Waals surface area contributed by atoms with Crippen molar-refractivity contribution in [3.8, 4) is 0 Å². The van der Waals surface area contributed by atoms with Gasteiger partial charge in [0.1, 0.15) is 6.04 Å². The van der Waals surface area contributed by atoms with Gasteiger partial charge in [0.2, 0.25) is 5.91 Å². The van der Waals surface area contributed by atoms with Gasteiger partial charge in [0.05, 0.1) is 19.1 Å². The summed E-state index contributed by atoms with van der Waals surface area (Å²) in [6, 6.07) is 3.74. The zero-order valence-electron chi connectivity index (χ0n) is 13.2. The van der Waals surface area contributed by atoms with Gasteiger partial charge in [0.15, 0.2) is 0 Å². The molecule has 0 aliphatic rings. The summed E-state index contributed by atoms with van der Waals surface area (Å²) in [5.74, 6) is -1.25. The molecular weight excluding hydrogens is 311 g/mol. The lowest BCUT2D eigenvalue weighted by Gasteiger charge is -2.21. The number of alkyl halides is 3. The van der Waals surface area contributed by atoms with Crippen LogP contribution in [-0.4, -0.2) is 25.0 Å². The molecule has 7 heteroatoms. The van der Waals surface area contributed by atoms with E-state index in [9.17, 15) is 22.8 Å². The number of hydrogen-bond acceptors (Lipinski definition) is 3. The van der Waals surface area contributed by atoms with E-state index in [4.69, 9.17) is 0 Å². The topological polar surface area (TPSA) is 55.4 Å². The predicted molar refractivity (Wildman–Crippen MR) is 78.5 cm³/mol. The number of methoxy groups -OCH3 is 1. The average Bonchev–Trinajstić information content (AvgIpc) is 2.50. The highest BCUT2D eigenvalue weighted by atomic mass is 19.4. The zero-order chi connectivity index (χ0) is 17.6. The number of carbonyl (C=O) groups is 2. The second-order valence-corrected chi connectivity index (χ2v) is 5.33. The van der Waals surface area contributed by atoms with Crippen molar-refractivity contribution in [2.75, 3.05) is 7.11 Å². The normalized spacial score (nSPS) is 14.0. The van der Waals surface area contributed by atoms with Crippen LogP contribution in [0.25, 0.3) is 0 Å². The Balaban J connectivity index is 2.81. The fraction of sp³-hybridized carbons (Fsp3) is 0.500. The van der Waals surface area contributed by atoms with Gasteiger partial charge in [-0.1, -0.05) is 38.5 Å². The van der Waals surface area contributed by atoms with E-state index in [0.29, 0.717) is 6.42 Å². The summed E-state index contributed by atoms with van der Waals surface area (Å²) in [7, 11) is 1.22. The van der Waals surface area contributed by atoms with Crippen LogP contribution in [0.3, 0.4) is 0 Å². The summed E-state index contributed by atoms with van der Waals surface area (Å²) in [5, 5.41) is 2.53. The van der Waals surface area contributed by atoms with Crippen LogP contribution in [0.15, 0.2) is 24.3 Å². The van der Waals surface area contributed by atoms with E-state index in [1.54, 1.807) is 6.92 Å². The molecule has 0 saturated heterocycles. The monoisotopic (exact) mass is 331 g/mol. The van der Waals surface area contributed by atoms with Gasteiger partial charge in [-0.05, 0) is 17.5 Å². The number of halogens is 3. The van der Waals surface area contributed by atoms with E-state index in [-0.39, 0.29) is 17.9 Å². The summed E-state index contributed by atoms with van der Waals surface area (Å²) >= 11 is 0. The third kappa shape index (κ3) is 5.58. The van der Waals surface area contributed by atoms with Gasteiger partial charge in [-0.2, -0.15) is 13.2 Å². The van der Waals surface area contributed by atoms with Crippen molar-refractivity contribution in [1.82, 2.24) is 5.32 Å². The van der Waals surface area contributed by atoms with E-state index >= 15 is 0 Å². The summed E-state index contributed by atoms with van der Waals surface area (Å²) in [4.78, 5) is 23.7. The Morgan fingerprint density at radius 3 is 2.48 bits per heavy atom. The Kier molecular flexibility index (Phi) is 6.60. The molecule has 0 saturated carbocycles. The van der Waals surface area contributed by atoms with Gasteiger partial charge >= 0.3 is 12.1 Å². The number of esters is 1. The molecule has 4 nitrogen and oxygen atoms in total. The maximum absolute atomic E-state index is 12.7. The van der Waals surface area contributed by atoms with Crippen LogP contribution in [0.1, 0.15) is 31.4 Å². The van der Waals surface area contributed by atoms with Crippen LogP contribution >= 0.6 is 0 Å². The van der Waals surface area contributed by atoms with E-state index in [1.165, 1.54) is 19.2 Å². The average molecular weight is 331 g/mol. The molecule has 128 valence electrons. The van der Waals surface area contributed by atoms with Gasteiger partial charge in [0.25, 0.3) is 0 Å². The fourth-order valence-corrected chi connectivity index (χ4v) is 2.06. The van der Waals surface area contributed by atoms with Crippen molar-refractivity contribution in [2.45, 2.75) is 38.9 Å². The number of amides is 1. The molecule has 2 unspecified atom stereocenters. The van der Waals surface area contributed by atoms with Crippen molar-refractivity contribution >= 4 is 11.9 Å². The van der Waals surface area contributed by atoms with Crippen LogP contribution in [-0.2, 0) is 26.9 Å². The molecule has 0 fully saturated rings. The minimum Gasteiger partial charge on any atom is -0.467 e. The third-order valence-electron chi connectivity index (χ3n) is 3.60. The first-order chi connectivity index (χ1) is 10.7. The molecule has 1 aromatic carbocycles. The Hall–Kier alpha value is -2.05. The number of rotatable bonds is 6. The van der Waals surface area contributed by atoms with E-state index in [2.05, 4.69) is 10.1 Å². The summed E-state index contributed by atoms with van der Waals surface area (Å²) in [6.07, 6.45) is -4.06. The quantitative estimate of drug-likeness (QED) is 0.816. The SMILES string of the molecule is CCC(C)C(NC(=O)Cc1cccc(C(F)(F)F)c1)C(=O)OC. The number of benzene rings is 1. The predicted octanol–water partition coefficient (Wildman–Crippen LogP) is 2.95. The molecular formula is C16H20F3NO3. The smallest absolute Gasteiger partial charge is 0.416 e. The molecule has 0 aromatic heterocycles. The largest absolute Gasteiger partial charge is 0.467 e. The van der Waals surface area contributed by atoms with E-state index in [1.807, 2.05) is 6.92 Å². The zero-order valence-corrected chi connectivity index (χ0v) is 13.2. The lowest BCUT2D eigenvalue weighted by molar-refractivity contribution is -0.146. The number of hydrogen-bond donors (Lipinski definition) is 1. The molecule has 0 aliphatic carbocycles. The number of ether oxygens (including phenoxy) is 1. The number of carbonyl (C=O) groups excluding carboxylic acids is 2. The van der Waals surface area contributed by atoms with Gasteiger partial charge in [-0.25, -0.2) is 4.79 Å². The van der Waals surface area contributed by atoms with Crippen molar-refractivity contribution < 1.29 is 27.5 Å². The van der Waals surface area contributed by atoms with Gasteiger partial charge < -0.3 is 10.1 Å². The maximum Gasteiger partial charge on any atom is 0.416 e. The molecule has 23 heavy (non-hydrogen) atoms. The van der Waals surface area contributed by atoms with Crippen molar-refractivity contribution in [2.24, 2.45) is 5.92 Å². The van der Waals surface area contributed by atoms with Crippen LogP contribution in [0.5, 0.6) is 0 Å². The minimum atomic E-state index is -4.46. The lowest BCUT2D eigenvalue weighted by atomic mass is 9.98. The molecule has 0 bridgehead atoms. The Morgan fingerprint density at radius 2 is 1.96 bits per heavy atom. The molecule has 1 N–H and O–H groups in total. The first kappa shape index (κ1) is 19.0. The molecule has 0 heterocycles. The standard InChI is InChI=1S/C16H20F3NO3/c1-4-10(2)14(15(22)23-3)20-13(21)9-11-6-5-7-12(8-11)16(17,18)19/h5-8,10,14H,4,9H2,1-3H3,(H,20,21). The summed E-state index contributed by atoms with van der Waals surface area (Å²) in [5.41, 5.74) is -0.584. The Bertz CT molecular complexity index is 558. The van der Waals surface area contributed by atoms with Crippen molar-refractivity contribution in [3.63, 3.8) is 0 Å². The van der Waals surface area contributed by atoms with E-state index < -0.39 is 29.7 Å². The third-order valence-corrected chi connectivity index (χ3v) is 3.60. The van der Waals surface area contributed by atoms with E-state index in [0.717, 1.165) is 12.1 Å². The Labute approximate surface area is 133 Å². The fourth-order valence-electron chi connectivity index (χ4n) is 2.06. The number of nitrogens with one attached hydrogen (secondary N) is 1.